The van der Waals surface area contributed by atoms with E-state index in [9.17, 15) is 0 Å². The molecule has 2 nitrogen and oxygen atoms in total. The van der Waals surface area contributed by atoms with Crippen LogP contribution >= 0.6 is 11.8 Å². The number of thioether (sulfide) groups is 1. The average molecular weight is 297 g/mol. The van der Waals surface area contributed by atoms with E-state index in [4.69, 9.17) is 5.73 Å². The summed E-state index contributed by atoms with van der Waals surface area (Å²) >= 11 is 1.97. The maximum atomic E-state index is 6.41. The molecular formula is C17H32N2S. The molecule has 0 aromatic rings. The molecule has 1 atom stereocenters. The standard InChI is InChI=1S/C17H32N2S/c1-12(4-5-20-3)19(2)17(11-18)15-7-13-6-14(9-15)10-16(17)8-13/h12-16H,4-11,18H2,1-3H3. The summed E-state index contributed by atoms with van der Waals surface area (Å²) in [7, 11) is 2.38. The van der Waals surface area contributed by atoms with E-state index in [1.54, 1.807) is 0 Å². The Bertz CT molecular complexity index is 316. The first-order valence-corrected chi connectivity index (χ1v) is 9.93. The minimum absolute atomic E-state index is 0.325. The molecule has 4 aliphatic carbocycles. The molecule has 0 amide bonds. The number of rotatable bonds is 6. The van der Waals surface area contributed by atoms with Gasteiger partial charge >= 0.3 is 0 Å². The fourth-order valence-corrected chi connectivity index (χ4v) is 6.52. The first-order chi connectivity index (χ1) is 9.61. The third kappa shape index (κ3) is 2.24. The van der Waals surface area contributed by atoms with Gasteiger partial charge in [-0.15, -0.1) is 0 Å². The van der Waals surface area contributed by atoms with Gasteiger partial charge in [-0.05, 0) is 88.2 Å². The van der Waals surface area contributed by atoms with Crippen LogP contribution in [0.25, 0.3) is 0 Å². The van der Waals surface area contributed by atoms with Gasteiger partial charge in [0.25, 0.3) is 0 Å². The normalized spacial score (nSPS) is 44.2. The van der Waals surface area contributed by atoms with Crippen molar-refractivity contribution in [3.8, 4) is 0 Å². The fraction of sp³-hybridized carbons (Fsp3) is 1.00. The van der Waals surface area contributed by atoms with Gasteiger partial charge in [0, 0.05) is 18.1 Å². The molecule has 0 radical (unpaired) electrons. The molecule has 4 aliphatic rings. The van der Waals surface area contributed by atoms with Crippen LogP contribution < -0.4 is 5.73 Å². The van der Waals surface area contributed by atoms with Crippen molar-refractivity contribution in [2.45, 2.75) is 57.0 Å². The van der Waals surface area contributed by atoms with E-state index in [1.165, 1.54) is 44.3 Å². The summed E-state index contributed by atoms with van der Waals surface area (Å²) in [6, 6.07) is 0.670. The number of nitrogens with zero attached hydrogens (tertiary/aromatic N) is 1. The van der Waals surface area contributed by atoms with Gasteiger partial charge in [0.2, 0.25) is 0 Å². The molecule has 0 spiro atoms. The highest BCUT2D eigenvalue weighted by molar-refractivity contribution is 7.98. The van der Waals surface area contributed by atoms with Gasteiger partial charge in [0.1, 0.15) is 0 Å². The van der Waals surface area contributed by atoms with Crippen LogP contribution in [0.15, 0.2) is 0 Å². The van der Waals surface area contributed by atoms with Gasteiger partial charge in [-0.1, -0.05) is 0 Å². The number of nitrogens with two attached hydrogens (primary N) is 1. The largest absolute Gasteiger partial charge is 0.329 e. The zero-order valence-corrected chi connectivity index (χ0v) is 14.3. The van der Waals surface area contributed by atoms with Crippen molar-refractivity contribution < 1.29 is 0 Å². The summed E-state index contributed by atoms with van der Waals surface area (Å²) < 4.78 is 0. The van der Waals surface area contributed by atoms with Gasteiger partial charge in [-0.25, -0.2) is 0 Å². The maximum Gasteiger partial charge on any atom is 0.0388 e. The van der Waals surface area contributed by atoms with Crippen molar-refractivity contribution in [2.24, 2.45) is 29.4 Å². The summed E-state index contributed by atoms with van der Waals surface area (Å²) in [5.41, 5.74) is 6.73. The lowest BCUT2D eigenvalue weighted by Crippen LogP contribution is -2.69. The summed E-state index contributed by atoms with van der Waals surface area (Å²) in [5, 5.41) is 0. The Morgan fingerprint density at radius 3 is 2.15 bits per heavy atom. The molecule has 0 aromatic carbocycles. The second-order valence-electron chi connectivity index (χ2n) is 7.74. The Labute approximate surface area is 129 Å². The predicted molar refractivity (Wildman–Crippen MR) is 89.1 cm³/mol. The van der Waals surface area contributed by atoms with Crippen LogP contribution in [0.5, 0.6) is 0 Å². The SMILES string of the molecule is CSCCC(C)N(C)C1(CN)C2CC3CC(C2)CC1C3. The van der Waals surface area contributed by atoms with Crippen molar-refractivity contribution in [1.29, 1.82) is 0 Å². The highest BCUT2D eigenvalue weighted by Gasteiger charge is 2.58. The van der Waals surface area contributed by atoms with Crippen LogP contribution in [0.1, 0.15) is 45.4 Å². The van der Waals surface area contributed by atoms with E-state index in [-0.39, 0.29) is 0 Å². The molecule has 0 aromatic heterocycles. The van der Waals surface area contributed by atoms with Crippen LogP contribution in [-0.4, -0.2) is 42.1 Å². The first kappa shape index (κ1) is 15.2. The van der Waals surface area contributed by atoms with Gasteiger partial charge in [0.15, 0.2) is 0 Å². The molecule has 0 saturated heterocycles. The first-order valence-electron chi connectivity index (χ1n) is 8.53. The van der Waals surface area contributed by atoms with Crippen molar-refractivity contribution >= 4 is 11.8 Å². The van der Waals surface area contributed by atoms with Crippen molar-refractivity contribution in [1.82, 2.24) is 4.90 Å². The summed E-state index contributed by atoms with van der Waals surface area (Å²) in [5.74, 6) is 5.10. The Morgan fingerprint density at radius 1 is 1.15 bits per heavy atom. The molecule has 0 aliphatic heterocycles. The second-order valence-corrected chi connectivity index (χ2v) is 8.73. The van der Waals surface area contributed by atoms with Gasteiger partial charge in [-0.3, -0.25) is 4.90 Å². The molecule has 0 heterocycles. The molecule has 4 rings (SSSR count). The van der Waals surface area contributed by atoms with Gasteiger partial charge in [0.05, 0.1) is 0 Å². The Hall–Kier alpha value is 0.270. The third-order valence-corrected chi connectivity index (χ3v) is 7.58. The average Bonchev–Trinajstić information content (AvgIpc) is 2.44. The topological polar surface area (TPSA) is 29.3 Å². The van der Waals surface area contributed by atoms with Crippen LogP contribution in [-0.2, 0) is 0 Å². The van der Waals surface area contributed by atoms with Crippen LogP contribution in [0.4, 0.5) is 0 Å². The Kier molecular flexibility index (Phi) is 4.41. The quantitative estimate of drug-likeness (QED) is 0.816. The third-order valence-electron chi connectivity index (χ3n) is 6.94. The van der Waals surface area contributed by atoms with Crippen LogP contribution in [0.2, 0.25) is 0 Å². The van der Waals surface area contributed by atoms with Crippen molar-refractivity contribution in [3.05, 3.63) is 0 Å². The molecule has 1 unspecified atom stereocenters. The van der Waals surface area contributed by atoms with Crippen molar-refractivity contribution in [3.63, 3.8) is 0 Å². The molecule has 116 valence electrons. The lowest BCUT2D eigenvalue weighted by Gasteiger charge is -2.65. The highest BCUT2D eigenvalue weighted by Crippen LogP contribution is 2.59. The van der Waals surface area contributed by atoms with Crippen molar-refractivity contribution in [2.75, 3.05) is 25.6 Å². The fourth-order valence-electron chi connectivity index (χ4n) is 5.95. The lowest BCUT2D eigenvalue weighted by molar-refractivity contribution is -0.133. The second kappa shape index (κ2) is 5.81. The zero-order chi connectivity index (χ0) is 14.3. The van der Waals surface area contributed by atoms with E-state index >= 15 is 0 Å². The molecule has 4 bridgehead atoms. The van der Waals surface area contributed by atoms with E-state index in [0.717, 1.165) is 30.2 Å². The molecular weight excluding hydrogens is 264 g/mol. The van der Waals surface area contributed by atoms with Gasteiger partial charge < -0.3 is 5.73 Å². The molecule has 4 fully saturated rings. The van der Waals surface area contributed by atoms with E-state index in [0.29, 0.717) is 11.6 Å². The summed E-state index contributed by atoms with van der Waals surface area (Å²) in [6.07, 6.45) is 10.9. The number of hydrogen-bond acceptors (Lipinski definition) is 3. The lowest BCUT2D eigenvalue weighted by atomic mass is 9.48. The summed E-state index contributed by atoms with van der Waals surface area (Å²) in [4.78, 5) is 2.72. The van der Waals surface area contributed by atoms with Crippen LogP contribution in [0.3, 0.4) is 0 Å². The zero-order valence-electron chi connectivity index (χ0n) is 13.5. The summed E-state index contributed by atoms with van der Waals surface area (Å²) in [6.45, 7) is 3.29. The number of hydrogen-bond donors (Lipinski definition) is 1. The molecule has 4 saturated carbocycles. The predicted octanol–water partition coefficient (Wildman–Crippen LogP) is 3.21. The van der Waals surface area contributed by atoms with E-state index in [2.05, 4.69) is 25.1 Å². The minimum Gasteiger partial charge on any atom is -0.329 e. The van der Waals surface area contributed by atoms with E-state index in [1.807, 2.05) is 11.8 Å². The minimum atomic E-state index is 0.325. The smallest absolute Gasteiger partial charge is 0.0388 e. The van der Waals surface area contributed by atoms with Gasteiger partial charge in [-0.2, -0.15) is 11.8 Å². The highest BCUT2D eigenvalue weighted by atomic mass is 32.2. The monoisotopic (exact) mass is 296 g/mol. The van der Waals surface area contributed by atoms with Crippen LogP contribution in [0, 0.1) is 23.7 Å². The molecule has 20 heavy (non-hydrogen) atoms. The molecule has 2 N–H and O–H groups in total. The Morgan fingerprint density at radius 2 is 1.70 bits per heavy atom. The van der Waals surface area contributed by atoms with E-state index < -0.39 is 0 Å². The maximum absolute atomic E-state index is 6.41. The molecule has 3 heteroatoms. The number of likely N-dealkylation sites (N-methyl/N-ethyl adjacent to an activating group) is 1. The Balaban J connectivity index is 1.80.